The Kier molecular flexibility index (Phi) is 4.11. The summed E-state index contributed by atoms with van der Waals surface area (Å²) in [5.41, 5.74) is 1.37. The molecule has 2 heterocycles. The first kappa shape index (κ1) is 14.2. The molecule has 0 atom stereocenters. The van der Waals surface area contributed by atoms with Gasteiger partial charge in [-0.2, -0.15) is 0 Å². The van der Waals surface area contributed by atoms with Gasteiger partial charge in [0.05, 0.1) is 12.0 Å². The highest BCUT2D eigenvalue weighted by Gasteiger charge is 2.09. The molecule has 2 aromatic heterocycles. The fraction of sp³-hybridized carbons (Fsp3) is 0.0625. The Morgan fingerprint density at radius 2 is 1.95 bits per heavy atom. The summed E-state index contributed by atoms with van der Waals surface area (Å²) in [6.07, 6.45) is 1.81. The fourth-order valence-electron chi connectivity index (χ4n) is 1.90. The van der Waals surface area contributed by atoms with E-state index >= 15 is 0 Å². The first-order valence-corrected chi connectivity index (χ1v) is 7.41. The minimum Gasteiger partial charge on any atom is -0.464 e. The van der Waals surface area contributed by atoms with Crippen molar-refractivity contribution in [2.75, 3.05) is 12.4 Å². The lowest BCUT2D eigenvalue weighted by Crippen LogP contribution is -2.05. The number of nitrogens with zero attached hydrogens (tertiary/aromatic N) is 2. The summed E-state index contributed by atoms with van der Waals surface area (Å²) in [5.74, 6) is 0.0876. The predicted octanol–water partition coefficient (Wildman–Crippen LogP) is 3.74. The van der Waals surface area contributed by atoms with Gasteiger partial charge in [-0.1, -0.05) is 47.7 Å². The molecule has 3 aromatic rings. The highest BCUT2D eigenvalue weighted by molar-refractivity contribution is 7.18. The molecular formula is C16H13N3O2S. The molecule has 0 radical (unpaired) electrons. The highest BCUT2D eigenvalue weighted by atomic mass is 32.1. The van der Waals surface area contributed by atoms with Crippen LogP contribution in [0.5, 0.6) is 0 Å². The fourth-order valence-corrected chi connectivity index (χ4v) is 2.73. The van der Waals surface area contributed by atoms with Gasteiger partial charge < -0.3 is 10.1 Å². The van der Waals surface area contributed by atoms with Gasteiger partial charge >= 0.3 is 5.97 Å². The number of nitrogens with one attached hydrogen (secondary N) is 1. The van der Waals surface area contributed by atoms with Crippen LogP contribution in [0.15, 0.2) is 54.7 Å². The standard InChI is InChI=1S/C16H13N3O2S/c1-21-15(20)12-8-5-9-14(18-12)19-16-17-10-13(22-16)11-6-3-2-4-7-11/h2-10H,1H3,(H,17,18,19). The van der Waals surface area contributed by atoms with Crippen LogP contribution < -0.4 is 5.32 Å². The Labute approximate surface area is 131 Å². The molecule has 1 N–H and O–H groups in total. The van der Waals surface area contributed by atoms with Crippen molar-refractivity contribution in [2.45, 2.75) is 0 Å². The van der Waals surface area contributed by atoms with E-state index in [-0.39, 0.29) is 5.69 Å². The van der Waals surface area contributed by atoms with Gasteiger partial charge in [0.1, 0.15) is 5.82 Å². The third-order valence-corrected chi connectivity index (χ3v) is 3.90. The molecule has 0 fully saturated rings. The van der Waals surface area contributed by atoms with Crippen molar-refractivity contribution >= 4 is 28.3 Å². The summed E-state index contributed by atoms with van der Waals surface area (Å²) in [6, 6.07) is 15.2. The lowest BCUT2D eigenvalue weighted by atomic mass is 10.2. The maximum atomic E-state index is 11.5. The van der Waals surface area contributed by atoms with Gasteiger partial charge in [-0.15, -0.1) is 0 Å². The van der Waals surface area contributed by atoms with E-state index in [9.17, 15) is 4.79 Å². The summed E-state index contributed by atoms with van der Waals surface area (Å²) in [5, 5.41) is 3.82. The number of aromatic nitrogens is 2. The summed E-state index contributed by atoms with van der Waals surface area (Å²) >= 11 is 1.52. The van der Waals surface area contributed by atoms with E-state index in [1.165, 1.54) is 18.4 Å². The van der Waals surface area contributed by atoms with Gasteiger partial charge in [-0.3, -0.25) is 0 Å². The van der Waals surface area contributed by atoms with Crippen LogP contribution in [-0.2, 0) is 4.74 Å². The monoisotopic (exact) mass is 311 g/mol. The van der Waals surface area contributed by atoms with Crippen LogP contribution in [0.2, 0.25) is 0 Å². The van der Waals surface area contributed by atoms with E-state index in [2.05, 4.69) is 20.0 Å². The molecule has 0 amide bonds. The lowest BCUT2D eigenvalue weighted by molar-refractivity contribution is 0.0594. The van der Waals surface area contributed by atoms with Gasteiger partial charge in [0.15, 0.2) is 10.8 Å². The zero-order valence-corrected chi connectivity index (χ0v) is 12.6. The highest BCUT2D eigenvalue weighted by Crippen LogP contribution is 2.30. The number of anilines is 2. The minimum atomic E-state index is -0.465. The number of esters is 1. The van der Waals surface area contributed by atoms with Crippen molar-refractivity contribution < 1.29 is 9.53 Å². The molecule has 0 aliphatic carbocycles. The van der Waals surface area contributed by atoms with E-state index in [1.54, 1.807) is 18.2 Å². The Morgan fingerprint density at radius 3 is 2.73 bits per heavy atom. The first-order chi connectivity index (χ1) is 10.8. The van der Waals surface area contributed by atoms with E-state index in [4.69, 9.17) is 0 Å². The number of carbonyl (C=O) groups is 1. The largest absolute Gasteiger partial charge is 0.464 e. The number of hydrogen-bond acceptors (Lipinski definition) is 6. The predicted molar refractivity (Wildman–Crippen MR) is 86.4 cm³/mol. The quantitative estimate of drug-likeness (QED) is 0.744. The number of benzene rings is 1. The van der Waals surface area contributed by atoms with Crippen molar-refractivity contribution in [2.24, 2.45) is 0 Å². The van der Waals surface area contributed by atoms with Crippen LogP contribution in [-0.4, -0.2) is 23.0 Å². The van der Waals surface area contributed by atoms with Crippen LogP contribution in [0.25, 0.3) is 10.4 Å². The van der Waals surface area contributed by atoms with Gasteiger partial charge in [-0.25, -0.2) is 14.8 Å². The van der Waals surface area contributed by atoms with E-state index < -0.39 is 5.97 Å². The number of pyridine rings is 1. The van der Waals surface area contributed by atoms with Crippen molar-refractivity contribution in [3.63, 3.8) is 0 Å². The molecule has 0 bridgehead atoms. The summed E-state index contributed by atoms with van der Waals surface area (Å²) in [7, 11) is 1.33. The molecule has 1 aromatic carbocycles. The van der Waals surface area contributed by atoms with Crippen molar-refractivity contribution in [3.8, 4) is 10.4 Å². The van der Waals surface area contributed by atoms with Gasteiger partial charge in [-0.05, 0) is 17.7 Å². The number of rotatable bonds is 4. The maximum absolute atomic E-state index is 11.5. The second-order valence-corrected chi connectivity index (χ2v) is 5.45. The average Bonchev–Trinajstić information content (AvgIpc) is 3.03. The smallest absolute Gasteiger partial charge is 0.356 e. The summed E-state index contributed by atoms with van der Waals surface area (Å²) in [6.45, 7) is 0. The second-order valence-electron chi connectivity index (χ2n) is 4.42. The van der Waals surface area contributed by atoms with Crippen molar-refractivity contribution in [3.05, 3.63) is 60.4 Å². The molecule has 0 aliphatic rings. The van der Waals surface area contributed by atoms with Crippen LogP contribution in [0, 0.1) is 0 Å². The molecule has 110 valence electrons. The topological polar surface area (TPSA) is 64.1 Å². The number of thiazole rings is 1. The Balaban J connectivity index is 1.80. The zero-order valence-electron chi connectivity index (χ0n) is 11.8. The third-order valence-electron chi connectivity index (χ3n) is 2.94. The third kappa shape index (κ3) is 3.12. The number of hydrogen-bond donors (Lipinski definition) is 1. The van der Waals surface area contributed by atoms with E-state index in [1.807, 2.05) is 36.5 Å². The SMILES string of the molecule is COC(=O)c1cccc(Nc2ncc(-c3ccccc3)s2)n1. The Hall–Kier alpha value is -2.73. The zero-order chi connectivity index (χ0) is 15.4. The summed E-state index contributed by atoms with van der Waals surface area (Å²) in [4.78, 5) is 21.1. The molecule has 0 saturated heterocycles. The van der Waals surface area contributed by atoms with Crippen LogP contribution >= 0.6 is 11.3 Å². The minimum absolute atomic E-state index is 0.257. The summed E-state index contributed by atoms with van der Waals surface area (Å²) < 4.78 is 4.66. The molecule has 6 heteroatoms. The average molecular weight is 311 g/mol. The molecular weight excluding hydrogens is 298 g/mol. The molecule has 22 heavy (non-hydrogen) atoms. The number of methoxy groups -OCH3 is 1. The van der Waals surface area contributed by atoms with Crippen molar-refractivity contribution in [1.29, 1.82) is 0 Å². The van der Waals surface area contributed by atoms with Gasteiger partial charge in [0.2, 0.25) is 0 Å². The molecule has 0 spiro atoms. The van der Waals surface area contributed by atoms with Crippen LogP contribution in [0.3, 0.4) is 0 Å². The number of ether oxygens (including phenoxy) is 1. The van der Waals surface area contributed by atoms with E-state index in [0.717, 1.165) is 10.4 Å². The van der Waals surface area contributed by atoms with Crippen molar-refractivity contribution in [1.82, 2.24) is 9.97 Å². The molecule has 0 saturated carbocycles. The number of carbonyl (C=O) groups excluding carboxylic acids is 1. The second kappa shape index (κ2) is 6.36. The maximum Gasteiger partial charge on any atom is 0.356 e. The van der Waals surface area contributed by atoms with Gasteiger partial charge in [0, 0.05) is 6.20 Å². The first-order valence-electron chi connectivity index (χ1n) is 6.60. The Morgan fingerprint density at radius 1 is 1.14 bits per heavy atom. The van der Waals surface area contributed by atoms with Crippen LogP contribution in [0.4, 0.5) is 10.9 Å². The normalized spacial score (nSPS) is 10.2. The van der Waals surface area contributed by atoms with Gasteiger partial charge in [0.25, 0.3) is 0 Å². The Bertz CT molecular complexity index is 787. The molecule has 5 nitrogen and oxygen atoms in total. The lowest BCUT2D eigenvalue weighted by Gasteiger charge is -2.03. The molecule has 0 unspecified atom stereocenters. The molecule has 3 rings (SSSR count). The van der Waals surface area contributed by atoms with E-state index in [0.29, 0.717) is 10.9 Å². The van der Waals surface area contributed by atoms with Crippen LogP contribution in [0.1, 0.15) is 10.5 Å². The molecule has 0 aliphatic heterocycles.